The van der Waals surface area contributed by atoms with Gasteiger partial charge in [-0.1, -0.05) is 6.42 Å². The minimum Gasteiger partial charge on any atom is -0.315 e. The van der Waals surface area contributed by atoms with Crippen molar-refractivity contribution in [3.05, 3.63) is 0 Å². The first kappa shape index (κ1) is 12.0. The average Bonchev–Trinajstić information content (AvgIpc) is 2.29. The van der Waals surface area contributed by atoms with Gasteiger partial charge in [0.05, 0.1) is 0 Å². The smallest absolute Gasteiger partial charge is 0.0125 e. The molecule has 1 rings (SSSR count). The molecule has 1 N–H and O–H groups in total. The van der Waals surface area contributed by atoms with E-state index in [9.17, 15) is 0 Å². The second-order valence-corrected chi connectivity index (χ2v) is 5.46. The molecule has 1 unspecified atom stereocenters. The molecule has 0 bridgehead atoms. The van der Waals surface area contributed by atoms with Crippen LogP contribution in [0.2, 0.25) is 0 Å². The van der Waals surface area contributed by atoms with Gasteiger partial charge in [0.15, 0.2) is 0 Å². The number of rotatable bonds is 3. The van der Waals surface area contributed by atoms with Crippen molar-refractivity contribution in [2.75, 3.05) is 27.2 Å². The Morgan fingerprint density at radius 3 is 2.71 bits per heavy atom. The van der Waals surface area contributed by atoms with Crippen LogP contribution >= 0.6 is 0 Å². The molecule has 0 aromatic rings. The molecule has 0 saturated carbocycles. The number of nitrogens with one attached hydrogen (secondary N) is 1. The topological polar surface area (TPSA) is 15.3 Å². The third-order valence-corrected chi connectivity index (χ3v) is 3.45. The van der Waals surface area contributed by atoms with Crippen LogP contribution < -0.4 is 5.32 Å². The lowest BCUT2D eigenvalue weighted by Crippen LogP contribution is -2.40. The molecule has 2 nitrogen and oxygen atoms in total. The summed E-state index contributed by atoms with van der Waals surface area (Å²) in [6.45, 7) is 7.18. The zero-order valence-electron chi connectivity index (χ0n) is 10.3. The van der Waals surface area contributed by atoms with E-state index in [1.165, 1.54) is 38.8 Å². The summed E-state index contributed by atoms with van der Waals surface area (Å²) in [5, 5.41) is 3.41. The first-order chi connectivity index (χ1) is 6.53. The molecular weight excluding hydrogens is 172 g/mol. The van der Waals surface area contributed by atoms with Gasteiger partial charge in [0.2, 0.25) is 0 Å². The Kier molecular flexibility index (Phi) is 4.39. The first-order valence-corrected chi connectivity index (χ1v) is 5.91. The number of hydrogen-bond donors (Lipinski definition) is 1. The van der Waals surface area contributed by atoms with Crippen LogP contribution in [0.15, 0.2) is 0 Å². The molecule has 0 aliphatic carbocycles. The molecule has 0 spiro atoms. The van der Waals surface area contributed by atoms with Gasteiger partial charge in [0, 0.05) is 12.1 Å². The van der Waals surface area contributed by atoms with Crippen molar-refractivity contribution in [1.29, 1.82) is 0 Å². The Morgan fingerprint density at radius 2 is 2.07 bits per heavy atom. The third-order valence-electron chi connectivity index (χ3n) is 3.45. The third kappa shape index (κ3) is 3.97. The molecule has 14 heavy (non-hydrogen) atoms. The minimum absolute atomic E-state index is 0.301. The molecule has 0 amide bonds. The Bertz CT molecular complexity index is 166. The van der Waals surface area contributed by atoms with Gasteiger partial charge in [-0.05, 0) is 59.7 Å². The second kappa shape index (κ2) is 5.13. The van der Waals surface area contributed by atoms with Crippen LogP contribution in [0.5, 0.6) is 0 Å². The lowest BCUT2D eigenvalue weighted by Gasteiger charge is -2.30. The maximum atomic E-state index is 3.41. The average molecular weight is 198 g/mol. The van der Waals surface area contributed by atoms with Gasteiger partial charge < -0.3 is 10.2 Å². The summed E-state index contributed by atoms with van der Waals surface area (Å²) in [4.78, 5) is 2.49. The largest absolute Gasteiger partial charge is 0.315 e. The van der Waals surface area contributed by atoms with Crippen LogP contribution in [0.4, 0.5) is 0 Å². The lowest BCUT2D eigenvalue weighted by atomic mass is 9.88. The Morgan fingerprint density at radius 1 is 1.36 bits per heavy atom. The number of hydrogen-bond acceptors (Lipinski definition) is 2. The molecule has 1 aliphatic rings. The van der Waals surface area contributed by atoms with E-state index in [1.807, 2.05) is 0 Å². The molecule has 1 heterocycles. The van der Waals surface area contributed by atoms with Gasteiger partial charge in [-0.3, -0.25) is 0 Å². The molecule has 1 saturated heterocycles. The van der Waals surface area contributed by atoms with Gasteiger partial charge in [0.25, 0.3) is 0 Å². The fourth-order valence-electron chi connectivity index (χ4n) is 2.43. The van der Waals surface area contributed by atoms with Gasteiger partial charge in [0.1, 0.15) is 0 Å². The van der Waals surface area contributed by atoms with Crippen molar-refractivity contribution < 1.29 is 0 Å². The van der Waals surface area contributed by atoms with Crippen LogP contribution in [0, 0.1) is 5.92 Å². The standard InChI is InChI=1S/C12H26N2/c1-12(2,13-3)9-11-7-5-6-8-14(4)10-11/h11,13H,5-10H2,1-4H3. The summed E-state index contributed by atoms with van der Waals surface area (Å²) >= 11 is 0. The van der Waals surface area contributed by atoms with Crippen LogP contribution in [0.1, 0.15) is 39.5 Å². The van der Waals surface area contributed by atoms with Gasteiger partial charge in [-0.25, -0.2) is 0 Å². The summed E-state index contributed by atoms with van der Waals surface area (Å²) < 4.78 is 0. The molecule has 1 aliphatic heterocycles. The summed E-state index contributed by atoms with van der Waals surface area (Å²) in [7, 11) is 4.32. The molecule has 0 radical (unpaired) electrons. The Balaban J connectivity index is 2.42. The summed E-state index contributed by atoms with van der Waals surface area (Å²) in [5.41, 5.74) is 0.301. The van der Waals surface area contributed by atoms with Crippen molar-refractivity contribution in [3.8, 4) is 0 Å². The zero-order chi connectivity index (χ0) is 10.6. The second-order valence-electron chi connectivity index (χ2n) is 5.46. The van der Waals surface area contributed by atoms with Crippen molar-refractivity contribution in [3.63, 3.8) is 0 Å². The van der Waals surface area contributed by atoms with Crippen LogP contribution in [-0.2, 0) is 0 Å². The van der Waals surface area contributed by atoms with Crippen molar-refractivity contribution in [2.24, 2.45) is 5.92 Å². The number of nitrogens with zero attached hydrogens (tertiary/aromatic N) is 1. The molecular formula is C12H26N2. The van der Waals surface area contributed by atoms with E-state index < -0.39 is 0 Å². The van der Waals surface area contributed by atoms with Crippen LogP contribution in [0.25, 0.3) is 0 Å². The first-order valence-electron chi connectivity index (χ1n) is 5.91. The predicted molar refractivity (Wildman–Crippen MR) is 62.6 cm³/mol. The van der Waals surface area contributed by atoms with Crippen LogP contribution in [-0.4, -0.2) is 37.6 Å². The SMILES string of the molecule is CNC(C)(C)CC1CCCCN(C)C1. The van der Waals surface area contributed by atoms with Gasteiger partial charge in [-0.2, -0.15) is 0 Å². The summed E-state index contributed by atoms with van der Waals surface area (Å²) in [6, 6.07) is 0. The van der Waals surface area contributed by atoms with E-state index in [2.05, 4.69) is 38.2 Å². The van der Waals surface area contributed by atoms with Crippen molar-refractivity contribution in [1.82, 2.24) is 10.2 Å². The van der Waals surface area contributed by atoms with E-state index >= 15 is 0 Å². The fraction of sp³-hybridized carbons (Fsp3) is 1.00. The lowest BCUT2D eigenvalue weighted by molar-refractivity contribution is 0.243. The molecule has 84 valence electrons. The van der Waals surface area contributed by atoms with Gasteiger partial charge in [-0.15, -0.1) is 0 Å². The zero-order valence-corrected chi connectivity index (χ0v) is 10.3. The van der Waals surface area contributed by atoms with E-state index in [4.69, 9.17) is 0 Å². The van der Waals surface area contributed by atoms with Crippen molar-refractivity contribution >= 4 is 0 Å². The highest BCUT2D eigenvalue weighted by molar-refractivity contribution is 4.81. The maximum Gasteiger partial charge on any atom is 0.0125 e. The monoisotopic (exact) mass is 198 g/mol. The molecule has 2 heteroatoms. The van der Waals surface area contributed by atoms with E-state index in [-0.39, 0.29) is 0 Å². The normalized spacial score (nSPS) is 26.1. The summed E-state index contributed by atoms with van der Waals surface area (Å²) in [5.74, 6) is 0.880. The highest BCUT2D eigenvalue weighted by atomic mass is 15.1. The summed E-state index contributed by atoms with van der Waals surface area (Å²) in [6.07, 6.45) is 5.51. The highest BCUT2D eigenvalue weighted by Gasteiger charge is 2.23. The molecule has 0 aromatic heterocycles. The Labute approximate surface area is 89.1 Å². The highest BCUT2D eigenvalue weighted by Crippen LogP contribution is 2.24. The molecule has 0 aromatic carbocycles. The minimum atomic E-state index is 0.301. The predicted octanol–water partition coefficient (Wildman–Crippen LogP) is 2.11. The van der Waals surface area contributed by atoms with Gasteiger partial charge >= 0.3 is 0 Å². The fourth-order valence-corrected chi connectivity index (χ4v) is 2.43. The Hall–Kier alpha value is -0.0800. The van der Waals surface area contributed by atoms with E-state index in [0.29, 0.717) is 5.54 Å². The molecule has 1 fully saturated rings. The van der Waals surface area contributed by atoms with Crippen LogP contribution in [0.3, 0.4) is 0 Å². The molecule has 1 atom stereocenters. The van der Waals surface area contributed by atoms with E-state index in [0.717, 1.165) is 5.92 Å². The van der Waals surface area contributed by atoms with Crippen molar-refractivity contribution in [2.45, 2.75) is 45.1 Å². The number of likely N-dealkylation sites (tertiary alicyclic amines) is 1. The maximum absolute atomic E-state index is 3.41. The van der Waals surface area contributed by atoms with E-state index in [1.54, 1.807) is 0 Å². The quantitative estimate of drug-likeness (QED) is 0.747.